The number of ether oxygens (including phenoxy) is 1. The first-order valence-corrected chi connectivity index (χ1v) is 9.92. The van der Waals surface area contributed by atoms with Gasteiger partial charge < -0.3 is 4.74 Å². The first kappa shape index (κ1) is 19.9. The van der Waals surface area contributed by atoms with Crippen molar-refractivity contribution >= 4 is 33.3 Å². The lowest BCUT2D eigenvalue weighted by molar-refractivity contribution is 0.0734. The maximum absolute atomic E-state index is 13.0. The van der Waals surface area contributed by atoms with E-state index >= 15 is 0 Å². The zero-order valence-corrected chi connectivity index (χ0v) is 16.2. The molecule has 0 fully saturated rings. The van der Waals surface area contributed by atoms with Crippen molar-refractivity contribution < 1.29 is 22.3 Å². The SMILES string of the molecule is CN(c1ccccc1)S(=O)(=O)c1ccc(Cl)c(C(=O)Oc2ccc(F)cc2)c1. The molecule has 0 unspecified atom stereocenters. The summed E-state index contributed by atoms with van der Waals surface area (Å²) in [6, 6.07) is 17.1. The Morgan fingerprint density at radius 3 is 2.29 bits per heavy atom. The molecular weight excluding hydrogens is 405 g/mol. The Hall–Kier alpha value is -2.90. The molecule has 0 saturated carbocycles. The van der Waals surface area contributed by atoms with E-state index in [2.05, 4.69) is 0 Å². The predicted molar refractivity (Wildman–Crippen MR) is 105 cm³/mol. The van der Waals surface area contributed by atoms with E-state index in [-0.39, 0.29) is 21.2 Å². The van der Waals surface area contributed by atoms with Crippen LogP contribution in [0.4, 0.5) is 10.1 Å². The lowest BCUT2D eigenvalue weighted by Crippen LogP contribution is -2.26. The summed E-state index contributed by atoms with van der Waals surface area (Å²) < 4.78 is 45.0. The number of carbonyl (C=O) groups is 1. The molecule has 0 aliphatic carbocycles. The molecule has 3 rings (SSSR count). The summed E-state index contributed by atoms with van der Waals surface area (Å²) in [5.41, 5.74) is 0.349. The third kappa shape index (κ3) is 4.16. The third-order valence-corrected chi connectivity index (χ3v) is 6.07. The largest absolute Gasteiger partial charge is 0.423 e. The van der Waals surface area contributed by atoms with Crippen molar-refractivity contribution in [3.8, 4) is 5.75 Å². The molecule has 5 nitrogen and oxygen atoms in total. The molecule has 0 amide bonds. The lowest BCUT2D eigenvalue weighted by atomic mass is 10.2. The highest BCUT2D eigenvalue weighted by atomic mass is 35.5. The number of sulfonamides is 1. The van der Waals surface area contributed by atoms with E-state index in [1.54, 1.807) is 30.3 Å². The maximum Gasteiger partial charge on any atom is 0.345 e. The van der Waals surface area contributed by atoms with Crippen molar-refractivity contribution in [2.24, 2.45) is 0 Å². The molecule has 0 aromatic heterocycles. The lowest BCUT2D eigenvalue weighted by Gasteiger charge is -2.20. The second kappa shape index (κ2) is 8.00. The fraction of sp³-hybridized carbons (Fsp3) is 0.0500. The minimum atomic E-state index is -3.93. The number of hydrogen-bond donors (Lipinski definition) is 0. The van der Waals surface area contributed by atoms with E-state index in [0.717, 1.165) is 22.5 Å². The van der Waals surface area contributed by atoms with Crippen LogP contribution in [0.15, 0.2) is 77.7 Å². The van der Waals surface area contributed by atoms with Crippen LogP contribution < -0.4 is 9.04 Å². The zero-order valence-electron chi connectivity index (χ0n) is 14.7. The molecule has 0 radical (unpaired) electrons. The Labute approximate surface area is 167 Å². The van der Waals surface area contributed by atoms with Gasteiger partial charge in [-0.25, -0.2) is 17.6 Å². The number of esters is 1. The molecule has 0 heterocycles. The fourth-order valence-electron chi connectivity index (χ4n) is 2.42. The van der Waals surface area contributed by atoms with Crippen LogP contribution in [-0.2, 0) is 10.0 Å². The molecule has 28 heavy (non-hydrogen) atoms. The molecule has 0 atom stereocenters. The maximum atomic E-state index is 13.0. The summed E-state index contributed by atoms with van der Waals surface area (Å²) in [6.07, 6.45) is 0. The number of benzene rings is 3. The van der Waals surface area contributed by atoms with Gasteiger partial charge >= 0.3 is 5.97 Å². The molecular formula is C20H15ClFNO4S. The summed E-state index contributed by atoms with van der Waals surface area (Å²) in [6.45, 7) is 0. The zero-order chi connectivity index (χ0) is 20.3. The van der Waals surface area contributed by atoms with Crippen molar-refractivity contribution in [1.82, 2.24) is 0 Å². The van der Waals surface area contributed by atoms with Gasteiger partial charge in [-0.05, 0) is 54.6 Å². The van der Waals surface area contributed by atoms with E-state index in [9.17, 15) is 17.6 Å². The first-order valence-electron chi connectivity index (χ1n) is 8.10. The Morgan fingerprint density at radius 2 is 1.64 bits per heavy atom. The van der Waals surface area contributed by atoms with Crippen LogP contribution in [0.2, 0.25) is 5.02 Å². The van der Waals surface area contributed by atoms with Gasteiger partial charge in [0.25, 0.3) is 10.0 Å². The highest BCUT2D eigenvalue weighted by Gasteiger charge is 2.24. The number of rotatable bonds is 5. The van der Waals surface area contributed by atoms with Crippen LogP contribution in [0.5, 0.6) is 5.75 Å². The number of halogens is 2. The summed E-state index contributed by atoms with van der Waals surface area (Å²) in [7, 11) is -2.51. The van der Waals surface area contributed by atoms with Crippen molar-refractivity contribution in [2.45, 2.75) is 4.90 Å². The van der Waals surface area contributed by atoms with Crippen LogP contribution in [0.3, 0.4) is 0 Å². The molecule has 0 N–H and O–H groups in total. The van der Waals surface area contributed by atoms with Crippen molar-refractivity contribution in [3.63, 3.8) is 0 Å². The van der Waals surface area contributed by atoms with E-state index in [4.69, 9.17) is 16.3 Å². The topological polar surface area (TPSA) is 63.7 Å². The van der Waals surface area contributed by atoms with Gasteiger partial charge in [0.1, 0.15) is 11.6 Å². The highest BCUT2D eigenvalue weighted by Crippen LogP contribution is 2.26. The average molecular weight is 420 g/mol. The molecule has 3 aromatic carbocycles. The Balaban J connectivity index is 1.92. The number of nitrogens with zero attached hydrogens (tertiary/aromatic N) is 1. The Kier molecular flexibility index (Phi) is 5.67. The van der Waals surface area contributed by atoms with Gasteiger partial charge in [-0.2, -0.15) is 0 Å². The van der Waals surface area contributed by atoms with Gasteiger partial charge in [0, 0.05) is 7.05 Å². The third-order valence-electron chi connectivity index (χ3n) is 3.96. The molecule has 0 aliphatic heterocycles. The molecule has 0 bridgehead atoms. The summed E-state index contributed by atoms with van der Waals surface area (Å²) in [5, 5.41) is 0.0356. The van der Waals surface area contributed by atoms with Gasteiger partial charge in [0.15, 0.2) is 0 Å². The summed E-state index contributed by atoms with van der Waals surface area (Å²) >= 11 is 6.06. The fourth-order valence-corrected chi connectivity index (χ4v) is 3.84. The Bertz CT molecular complexity index is 1100. The van der Waals surface area contributed by atoms with Gasteiger partial charge in [-0.1, -0.05) is 29.8 Å². The minimum absolute atomic E-state index is 0.0356. The highest BCUT2D eigenvalue weighted by molar-refractivity contribution is 7.92. The van der Waals surface area contributed by atoms with E-state index in [0.29, 0.717) is 5.69 Å². The second-order valence-corrected chi connectivity index (χ2v) is 8.17. The van der Waals surface area contributed by atoms with Crippen LogP contribution >= 0.6 is 11.6 Å². The quantitative estimate of drug-likeness (QED) is 0.450. The molecule has 0 saturated heterocycles. The van der Waals surface area contributed by atoms with Crippen LogP contribution in [0.25, 0.3) is 0 Å². The number of anilines is 1. The average Bonchev–Trinajstić information content (AvgIpc) is 2.70. The summed E-state index contributed by atoms with van der Waals surface area (Å²) in [4.78, 5) is 12.3. The number of para-hydroxylation sites is 1. The second-order valence-electron chi connectivity index (χ2n) is 5.79. The monoisotopic (exact) mass is 419 g/mol. The van der Waals surface area contributed by atoms with Gasteiger partial charge in [0.05, 0.1) is 21.2 Å². The normalized spacial score (nSPS) is 11.1. The molecule has 0 spiro atoms. The van der Waals surface area contributed by atoms with E-state index in [1.165, 1.54) is 31.3 Å². The van der Waals surface area contributed by atoms with E-state index < -0.39 is 21.8 Å². The molecule has 144 valence electrons. The summed E-state index contributed by atoms with van der Waals surface area (Å²) in [5.74, 6) is -1.22. The predicted octanol–water partition coefficient (Wildman–Crippen LogP) is 4.52. The van der Waals surface area contributed by atoms with Gasteiger partial charge in [-0.15, -0.1) is 0 Å². The van der Waals surface area contributed by atoms with E-state index in [1.807, 2.05) is 0 Å². The van der Waals surface area contributed by atoms with Crippen molar-refractivity contribution in [3.05, 3.63) is 89.2 Å². The standard InChI is InChI=1S/C20H15ClFNO4S/c1-23(15-5-3-2-4-6-15)28(25,26)17-11-12-19(21)18(13-17)20(24)27-16-9-7-14(22)8-10-16/h2-13H,1H3. The van der Waals surface area contributed by atoms with Crippen LogP contribution in [0.1, 0.15) is 10.4 Å². The van der Waals surface area contributed by atoms with Gasteiger partial charge in [-0.3, -0.25) is 4.31 Å². The van der Waals surface area contributed by atoms with Crippen molar-refractivity contribution in [1.29, 1.82) is 0 Å². The number of carbonyl (C=O) groups excluding carboxylic acids is 1. The molecule has 8 heteroatoms. The van der Waals surface area contributed by atoms with Crippen LogP contribution in [-0.4, -0.2) is 21.4 Å². The number of hydrogen-bond acceptors (Lipinski definition) is 4. The van der Waals surface area contributed by atoms with Gasteiger partial charge in [0.2, 0.25) is 0 Å². The van der Waals surface area contributed by atoms with Crippen molar-refractivity contribution in [2.75, 3.05) is 11.4 Å². The molecule has 3 aromatic rings. The van der Waals surface area contributed by atoms with Crippen LogP contribution in [0, 0.1) is 5.82 Å². The Morgan fingerprint density at radius 1 is 1.00 bits per heavy atom. The minimum Gasteiger partial charge on any atom is -0.423 e. The molecule has 0 aliphatic rings. The smallest absolute Gasteiger partial charge is 0.345 e. The first-order chi connectivity index (χ1) is 13.3.